The van der Waals surface area contributed by atoms with Crippen LogP contribution in [0.1, 0.15) is 68.4 Å². The number of hydrogen-bond acceptors (Lipinski definition) is 3. The zero-order valence-corrected chi connectivity index (χ0v) is 12.9. The number of amides is 1. The van der Waals surface area contributed by atoms with E-state index in [0.717, 1.165) is 43.6 Å². The second-order valence-electron chi connectivity index (χ2n) is 5.50. The van der Waals surface area contributed by atoms with Gasteiger partial charge in [-0.1, -0.05) is 13.3 Å². The molecular formula is C15H25N3O2. The van der Waals surface area contributed by atoms with E-state index in [0.29, 0.717) is 5.69 Å². The Hall–Kier alpha value is -1.36. The van der Waals surface area contributed by atoms with Crippen LogP contribution in [0.15, 0.2) is 0 Å². The number of carbonyl (C=O) groups is 1. The number of carbonyl (C=O) groups excluding carboxylic acids is 1. The maximum Gasteiger partial charge on any atom is 0.274 e. The third-order valence-electron chi connectivity index (χ3n) is 3.89. The Kier molecular flexibility index (Phi) is 4.81. The molecule has 1 aromatic heterocycles. The predicted octanol–water partition coefficient (Wildman–Crippen LogP) is 2.69. The second-order valence-corrected chi connectivity index (χ2v) is 5.50. The first-order chi connectivity index (χ1) is 9.58. The van der Waals surface area contributed by atoms with Gasteiger partial charge in [0, 0.05) is 25.1 Å². The summed E-state index contributed by atoms with van der Waals surface area (Å²) in [6, 6.07) is 0. The molecule has 0 unspecified atom stereocenters. The van der Waals surface area contributed by atoms with Crippen LogP contribution < -0.4 is 0 Å². The van der Waals surface area contributed by atoms with Gasteiger partial charge in [-0.25, -0.2) is 0 Å². The van der Waals surface area contributed by atoms with Crippen molar-refractivity contribution in [3.8, 4) is 0 Å². The molecule has 1 aliphatic heterocycles. The van der Waals surface area contributed by atoms with Gasteiger partial charge in [0.15, 0.2) is 5.69 Å². The summed E-state index contributed by atoms with van der Waals surface area (Å²) in [5.74, 6) is 0.0414. The third kappa shape index (κ3) is 2.87. The van der Waals surface area contributed by atoms with Crippen molar-refractivity contribution >= 4 is 5.91 Å². The number of nitrogens with one attached hydrogen (secondary N) is 1. The fraction of sp³-hybridized carbons (Fsp3) is 0.733. The molecule has 0 fully saturated rings. The Morgan fingerprint density at radius 3 is 2.85 bits per heavy atom. The summed E-state index contributed by atoms with van der Waals surface area (Å²) >= 11 is 0. The smallest absolute Gasteiger partial charge is 0.274 e. The zero-order chi connectivity index (χ0) is 14.7. The van der Waals surface area contributed by atoms with Gasteiger partial charge < -0.3 is 9.64 Å². The summed E-state index contributed by atoms with van der Waals surface area (Å²) in [6.07, 6.45) is 2.98. The number of nitrogens with zero attached hydrogens (tertiary/aromatic N) is 2. The first-order valence-corrected chi connectivity index (χ1v) is 7.60. The van der Waals surface area contributed by atoms with Gasteiger partial charge in [-0.3, -0.25) is 9.89 Å². The molecule has 1 N–H and O–H groups in total. The maximum absolute atomic E-state index is 12.6. The lowest BCUT2D eigenvalue weighted by molar-refractivity contribution is -0.00701. The molecule has 1 aromatic rings. The van der Waals surface area contributed by atoms with Crippen molar-refractivity contribution in [1.29, 1.82) is 0 Å². The quantitative estimate of drug-likeness (QED) is 0.901. The first-order valence-electron chi connectivity index (χ1n) is 7.60. The van der Waals surface area contributed by atoms with Crippen LogP contribution in [0.2, 0.25) is 0 Å². The monoisotopic (exact) mass is 279 g/mol. The highest BCUT2D eigenvalue weighted by molar-refractivity contribution is 5.94. The molecule has 1 amide bonds. The topological polar surface area (TPSA) is 58.2 Å². The molecule has 0 radical (unpaired) electrons. The van der Waals surface area contributed by atoms with Crippen LogP contribution in [0, 0.1) is 0 Å². The molecule has 2 rings (SSSR count). The highest BCUT2D eigenvalue weighted by Crippen LogP contribution is 2.30. The normalized spacial score (nSPS) is 21.6. The molecule has 1 aliphatic rings. The van der Waals surface area contributed by atoms with Crippen molar-refractivity contribution in [3.05, 3.63) is 17.0 Å². The van der Waals surface area contributed by atoms with E-state index < -0.39 is 0 Å². The largest absolute Gasteiger partial charge is 0.369 e. The van der Waals surface area contributed by atoms with Gasteiger partial charge in [-0.2, -0.15) is 5.10 Å². The molecule has 0 aromatic carbocycles. The van der Waals surface area contributed by atoms with E-state index in [-0.39, 0.29) is 18.1 Å². The van der Waals surface area contributed by atoms with Crippen molar-refractivity contribution in [1.82, 2.24) is 15.1 Å². The number of ether oxygens (including phenoxy) is 1. The SMILES string of the molecule is CCCCN(CC)C(=O)c1n[nH]c2c1C[C@H](C)O[C@@H]2C. The van der Waals surface area contributed by atoms with Gasteiger partial charge in [-0.15, -0.1) is 0 Å². The average Bonchev–Trinajstić information content (AvgIpc) is 2.83. The molecule has 0 spiro atoms. The van der Waals surface area contributed by atoms with Gasteiger partial charge in [-0.05, 0) is 27.2 Å². The van der Waals surface area contributed by atoms with Crippen molar-refractivity contribution in [3.63, 3.8) is 0 Å². The summed E-state index contributed by atoms with van der Waals surface area (Å²) in [5.41, 5.74) is 2.58. The van der Waals surface area contributed by atoms with Crippen LogP contribution in [-0.2, 0) is 11.2 Å². The summed E-state index contributed by atoms with van der Waals surface area (Å²) in [4.78, 5) is 14.5. The Balaban J connectivity index is 2.22. The Morgan fingerprint density at radius 2 is 2.20 bits per heavy atom. The van der Waals surface area contributed by atoms with Crippen molar-refractivity contribution in [2.45, 2.75) is 59.2 Å². The molecule has 0 saturated carbocycles. The fourth-order valence-electron chi connectivity index (χ4n) is 2.75. The second kappa shape index (κ2) is 6.39. The minimum absolute atomic E-state index is 0.0199. The van der Waals surface area contributed by atoms with Gasteiger partial charge in [0.25, 0.3) is 5.91 Å². The van der Waals surface area contributed by atoms with E-state index >= 15 is 0 Å². The van der Waals surface area contributed by atoms with Crippen LogP contribution in [0.4, 0.5) is 0 Å². The summed E-state index contributed by atoms with van der Waals surface area (Å²) in [5, 5.41) is 7.25. The van der Waals surface area contributed by atoms with E-state index in [9.17, 15) is 4.79 Å². The molecular weight excluding hydrogens is 254 g/mol. The van der Waals surface area contributed by atoms with E-state index in [2.05, 4.69) is 17.1 Å². The molecule has 20 heavy (non-hydrogen) atoms. The van der Waals surface area contributed by atoms with E-state index in [1.165, 1.54) is 0 Å². The standard InChI is InChI=1S/C15H25N3O2/c1-5-7-8-18(6-2)15(19)14-12-9-10(3)20-11(4)13(12)16-17-14/h10-11H,5-9H2,1-4H3,(H,16,17)/t10-,11+/m0/s1. The number of fused-ring (bicyclic) bond motifs is 1. The number of rotatable bonds is 5. The zero-order valence-electron chi connectivity index (χ0n) is 12.9. The lowest BCUT2D eigenvalue weighted by Gasteiger charge is -2.26. The minimum atomic E-state index is -0.0199. The predicted molar refractivity (Wildman–Crippen MR) is 77.7 cm³/mol. The number of aromatic amines is 1. The fourth-order valence-corrected chi connectivity index (χ4v) is 2.75. The number of H-pyrrole nitrogens is 1. The summed E-state index contributed by atoms with van der Waals surface area (Å²) in [6.45, 7) is 9.71. The van der Waals surface area contributed by atoms with Gasteiger partial charge >= 0.3 is 0 Å². The molecule has 0 aliphatic carbocycles. The lowest BCUT2D eigenvalue weighted by Crippen LogP contribution is -2.33. The first kappa shape index (κ1) is 15.0. The Bertz CT molecular complexity index is 470. The third-order valence-corrected chi connectivity index (χ3v) is 3.89. The molecule has 0 saturated heterocycles. The molecule has 2 heterocycles. The number of aromatic nitrogens is 2. The molecule has 5 nitrogen and oxygen atoms in total. The summed E-state index contributed by atoms with van der Waals surface area (Å²) in [7, 11) is 0. The molecule has 112 valence electrons. The van der Waals surface area contributed by atoms with Gasteiger partial charge in [0.05, 0.1) is 17.9 Å². The van der Waals surface area contributed by atoms with Crippen LogP contribution >= 0.6 is 0 Å². The molecule has 0 bridgehead atoms. The van der Waals surface area contributed by atoms with Crippen molar-refractivity contribution in [2.24, 2.45) is 0 Å². The highest BCUT2D eigenvalue weighted by atomic mass is 16.5. The maximum atomic E-state index is 12.6. The number of unbranched alkanes of at least 4 members (excludes halogenated alkanes) is 1. The number of hydrogen-bond donors (Lipinski definition) is 1. The van der Waals surface area contributed by atoms with Gasteiger partial charge in [0.2, 0.25) is 0 Å². The van der Waals surface area contributed by atoms with Crippen LogP contribution in [-0.4, -0.2) is 40.2 Å². The highest BCUT2D eigenvalue weighted by Gasteiger charge is 2.30. The van der Waals surface area contributed by atoms with Gasteiger partial charge in [0.1, 0.15) is 0 Å². The molecule has 5 heteroatoms. The van der Waals surface area contributed by atoms with E-state index in [1.807, 2.05) is 25.7 Å². The van der Waals surface area contributed by atoms with Crippen molar-refractivity contribution in [2.75, 3.05) is 13.1 Å². The Morgan fingerprint density at radius 1 is 1.45 bits per heavy atom. The van der Waals surface area contributed by atoms with E-state index in [1.54, 1.807) is 0 Å². The summed E-state index contributed by atoms with van der Waals surface area (Å²) < 4.78 is 5.76. The van der Waals surface area contributed by atoms with Crippen LogP contribution in [0.5, 0.6) is 0 Å². The Labute approximate surface area is 120 Å². The van der Waals surface area contributed by atoms with Crippen molar-refractivity contribution < 1.29 is 9.53 Å². The minimum Gasteiger partial charge on any atom is -0.369 e. The van der Waals surface area contributed by atoms with Crippen LogP contribution in [0.3, 0.4) is 0 Å². The lowest BCUT2D eigenvalue weighted by atomic mass is 9.99. The van der Waals surface area contributed by atoms with Crippen LogP contribution in [0.25, 0.3) is 0 Å². The van der Waals surface area contributed by atoms with E-state index in [4.69, 9.17) is 4.74 Å². The average molecular weight is 279 g/mol. The molecule has 2 atom stereocenters.